The summed E-state index contributed by atoms with van der Waals surface area (Å²) in [6, 6.07) is 176. The molecular formula is C115H77B2N7. The SMILES string of the molecule is c1ccc(-c2cccc(-c3ccccc3)c2N2c3cc4c(cc3C3(c5ccccc5-c5ccccc53)c3cc5c(cc32)N(c2ccccc2)c2cc(N(c3ccccc3)c3ccccc3)cc3c2B5c2ccccc2N3c2ccccc2)B2c3ccccc3N(c3ccccc3)c3cc(N(c5ccccc5)c5ccccc5)cc(c32)N4c2ccccc2)cc1. The van der Waals surface area contributed by atoms with E-state index >= 15 is 0 Å². The normalized spacial score (nSPS) is 13.4. The first kappa shape index (κ1) is 70.9. The minimum atomic E-state index is -0.992. The number of hydrogen-bond acceptors (Lipinski definition) is 7. The van der Waals surface area contributed by atoms with Gasteiger partial charge in [-0.3, -0.25) is 0 Å². The van der Waals surface area contributed by atoms with Gasteiger partial charge in [0.25, 0.3) is 13.4 Å². The van der Waals surface area contributed by atoms with E-state index in [1.54, 1.807) is 0 Å². The highest BCUT2D eigenvalue weighted by Gasteiger charge is 2.56. The van der Waals surface area contributed by atoms with Crippen LogP contribution >= 0.6 is 0 Å². The Kier molecular flexibility index (Phi) is 16.3. The standard InChI is InChI=1S/C115H77B2N7/c1-11-40-78(41-12-1)90-62-39-63-91(79-42-13-2-14-43-79)114(90)124-104-76-106-100(116-98-66-35-37-68-102(98)120(84-52-23-7-24-53-84)108-70-88(72-110(112(108)116)122(106)86-56-27-9-28-57-86)118(80-44-15-3-16-45-80)81-46-17-4-18-47-81)74-96(104)115(94-64-33-31-60-92(94)93-61-32-34-65-95(93)115)97-75-101-107(77-105(97)124)123(87-58-29-10-30-59-87)111-73-89(119(82-48-19-5-20-49-82)83-50-21-6-22-51-83)71-109-113(111)117(101)99-67-36-38-69-103(99)121(109)85-54-25-8-26-55-85/h1-77H. The highest BCUT2D eigenvalue weighted by molar-refractivity contribution is 7.01. The molecule has 7 nitrogen and oxygen atoms in total. The maximum atomic E-state index is 2.75. The molecule has 0 saturated carbocycles. The molecule has 5 heterocycles. The molecule has 0 N–H and O–H groups in total. The van der Waals surface area contributed by atoms with Gasteiger partial charge in [0.2, 0.25) is 0 Å². The van der Waals surface area contributed by atoms with Crippen LogP contribution in [0.25, 0.3) is 33.4 Å². The van der Waals surface area contributed by atoms with E-state index in [-0.39, 0.29) is 13.4 Å². The zero-order valence-corrected chi connectivity index (χ0v) is 67.7. The van der Waals surface area contributed by atoms with Crippen molar-refractivity contribution in [2.24, 2.45) is 0 Å². The Morgan fingerprint density at radius 1 is 0.177 bits per heavy atom. The van der Waals surface area contributed by atoms with Crippen molar-refractivity contribution >= 4 is 166 Å². The number of benzene rings is 19. The number of anilines is 21. The monoisotopic (exact) mass is 1580 g/mol. The molecule has 19 aromatic rings. The number of fused-ring (bicyclic) bond motifs is 17. The maximum absolute atomic E-state index is 2.75. The van der Waals surface area contributed by atoms with Crippen LogP contribution in [-0.4, -0.2) is 13.4 Å². The molecule has 0 atom stereocenters. The summed E-state index contributed by atoms with van der Waals surface area (Å²) in [6.45, 7) is -0.581. The number of para-hydroxylation sites is 11. The van der Waals surface area contributed by atoms with Gasteiger partial charge in [-0.1, -0.05) is 322 Å². The van der Waals surface area contributed by atoms with E-state index in [0.717, 1.165) is 142 Å². The van der Waals surface area contributed by atoms with Crippen molar-refractivity contribution in [2.75, 3.05) is 34.3 Å². The van der Waals surface area contributed by atoms with Crippen LogP contribution in [0.4, 0.5) is 119 Å². The molecule has 578 valence electrons. The molecule has 25 rings (SSSR count). The topological polar surface area (TPSA) is 22.7 Å². The molecule has 0 bridgehead atoms. The molecule has 19 aromatic carbocycles. The Hall–Kier alpha value is -16.1. The van der Waals surface area contributed by atoms with Crippen LogP contribution in [0.5, 0.6) is 0 Å². The first-order valence-corrected chi connectivity index (χ1v) is 43.0. The highest BCUT2D eigenvalue weighted by Crippen LogP contribution is 2.67. The van der Waals surface area contributed by atoms with Crippen molar-refractivity contribution in [2.45, 2.75) is 5.41 Å². The zero-order chi connectivity index (χ0) is 81.5. The summed E-state index contributed by atoms with van der Waals surface area (Å²) in [7, 11) is 0. The van der Waals surface area contributed by atoms with Crippen LogP contribution < -0.4 is 67.1 Å². The van der Waals surface area contributed by atoms with Crippen LogP contribution in [0.3, 0.4) is 0 Å². The van der Waals surface area contributed by atoms with E-state index in [4.69, 9.17) is 0 Å². The Bertz CT molecular complexity index is 6880. The molecular weight excluding hydrogens is 1500 g/mol. The summed E-state index contributed by atoms with van der Waals surface area (Å²) >= 11 is 0. The molecule has 0 aromatic heterocycles. The van der Waals surface area contributed by atoms with Crippen molar-refractivity contribution in [1.82, 2.24) is 0 Å². The van der Waals surface area contributed by atoms with Gasteiger partial charge in [-0.15, -0.1) is 0 Å². The summed E-state index contributed by atoms with van der Waals surface area (Å²) in [5.41, 5.74) is 40.6. The molecule has 0 saturated heterocycles. The second kappa shape index (κ2) is 28.6. The van der Waals surface area contributed by atoms with Crippen molar-refractivity contribution in [3.63, 3.8) is 0 Å². The van der Waals surface area contributed by atoms with Gasteiger partial charge in [0.15, 0.2) is 0 Å². The Balaban J connectivity index is 0.858. The summed E-state index contributed by atoms with van der Waals surface area (Å²) in [4.78, 5) is 18.0. The molecule has 1 aliphatic carbocycles. The third-order valence-corrected chi connectivity index (χ3v) is 26.5. The van der Waals surface area contributed by atoms with Gasteiger partial charge < -0.3 is 34.3 Å². The van der Waals surface area contributed by atoms with Crippen LogP contribution in [0.1, 0.15) is 22.3 Å². The molecule has 0 fully saturated rings. The molecule has 6 aliphatic rings. The van der Waals surface area contributed by atoms with E-state index in [0.29, 0.717) is 0 Å². The van der Waals surface area contributed by atoms with Crippen molar-refractivity contribution < 1.29 is 0 Å². The van der Waals surface area contributed by atoms with E-state index < -0.39 is 5.41 Å². The summed E-state index contributed by atoms with van der Waals surface area (Å²) in [5, 5.41) is 0. The van der Waals surface area contributed by atoms with Crippen molar-refractivity contribution in [3.8, 4) is 33.4 Å². The Labute approximate surface area is 723 Å². The fraction of sp³-hybridized carbons (Fsp3) is 0.00870. The molecule has 0 amide bonds. The number of rotatable bonds is 13. The van der Waals surface area contributed by atoms with E-state index in [1.165, 1.54) is 66.2 Å². The van der Waals surface area contributed by atoms with Crippen molar-refractivity contribution in [1.29, 1.82) is 0 Å². The zero-order valence-electron chi connectivity index (χ0n) is 67.7. The molecule has 1 spiro atoms. The van der Waals surface area contributed by atoms with Gasteiger partial charge in [-0.05, 0) is 223 Å². The Morgan fingerprint density at radius 2 is 0.452 bits per heavy atom. The van der Waals surface area contributed by atoms with Gasteiger partial charge in [-0.2, -0.15) is 0 Å². The first-order valence-electron chi connectivity index (χ1n) is 43.0. The van der Waals surface area contributed by atoms with Crippen LogP contribution in [-0.2, 0) is 5.41 Å². The third kappa shape index (κ3) is 10.7. The lowest BCUT2D eigenvalue weighted by Gasteiger charge is -2.50. The molecule has 0 radical (unpaired) electrons. The van der Waals surface area contributed by atoms with Crippen molar-refractivity contribution in [3.05, 3.63) is 489 Å². The average molecular weight is 1580 g/mol. The van der Waals surface area contributed by atoms with E-state index in [1.807, 2.05) is 0 Å². The second-order valence-electron chi connectivity index (χ2n) is 32.9. The van der Waals surface area contributed by atoms with Gasteiger partial charge >= 0.3 is 0 Å². The average Bonchev–Trinajstić information content (AvgIpc) is 1.32. The fourth-order valence-electron chi connectivity index (χ4n) is 21.6. The smallest absolute Gasteiger partial charge is 0.252 e. The Morgan fingerprint density at radius 3 is 0.790 bits per heavy atom. The summed E-state index contributed by atoms with van der Waals surface area (Å²) in [6.07, 6.45) is 0. The predicted octanol–water partition coefficient (Wildman–Crippen LogP) is 26.3. The van der Waals surface area contributed by atoms with Crippen LogP contribution in [0.2, 0.25) is 0 Å². The first-order chi connectivity index (χ1) is 61.6. The minimum absolute atomic E-state index is 0.290. The third-order valence-electron chi connectivity index (χ3n) is 26.5. The lowest BCUT2D eigenvalue weighted by molar-refractivity contribution is 0.754. The predicted molar refractivity (Wildman–Crippen MR) is 520 cm³/mol. The molecule has 9 heteroatoms. The molecule has 5 aliphatic heterocycles. The van der Waals surface area contributed by atoms with Gasteiger partial charge in [0.05, 0.1) is 33.9 Å². The van der Waals surface area contributed by atoms with Crippen LogP contribution in [0, 0.1) is 0 Å². The largest absolute Gasteiger partial charge is 0.311 e. The highest BCUT2D eigenvalue weighted by atomic mass is 15.2. The van der Waals surface area contributed by atoms with Crippen LogP contribution in [0.15, 0.2) is 467 Å². The number of nitrogens with zero attached hydrogens (tertiary/aromatic N) is 7. The van der Waals surface area contributed by atoms with Gasteiger partial charge in [0.1, 0.15) is 0 Å². The lowest BCUT2D eigenvalue weighted by atomic mass is 9.33. The fourth-order valence-corrected chi connectivity index (χ4v) is 21.6. The quantitative estimate of drug-likeness (QED) is 0.106. The molecule has 0 unspecified atom stereocenters. The lowest BCUT2D eigenvalue weighted by Crippen LogP contribution is -2.62. The van der Waals surface area contributed by atoms with E-state index in [2.05, 4.69) is 501 Å². The maximum Gasteiger partial charge on any atom is 0.252 e. The van der Waals surface area contributed by atoms with E-state index in [9.17, 15) is 0 Å². The summed E-state index contributed by atoms with van der Waals surface area (Å²) < 4.78 is 0. The minimum Gasteiger partial charge on any atom is -0.311 e. The molecule has 124 heavy (non-hydrogen) atoms. The number of hydrogen-bond donors (Lipinski definition) is 0. The summed E-state index contributed by atoms with van der Waals surface area (Å²) in [5.74, 6) is 0. The van der Waals surface area contributed by atoms with Gasteiger partial charge in [-0.25, -0.2) is 0 Å². The van der Waals surface area contributed by atoms with Gasteiger partial charge in [0, 0.05) is 102 Å². The second-order valence-corrected chi connectivity index (χ2v) is 32.9.